The summed E-state index contributed by atoms with van der Waals surface area (Å²) in [7, 11) is 0. The molecule has 0 unspecified atom stereocenters. The number of hydrogen-bond acceptors (Lipinski definition) is 3. The highest BCUT2D eigenvalue weighted by molar-refractivity contribution is 7.98. The number of nitrogens with one attached hydrogen (secondary N) is 2. The fraction of sp³-hybridized carbons (Fsp3) is 0.500. The highest BCUT2D eigenvalue weighted by Gasteiger charge is 2.18. The van der Waals surface area contributed by atoms with Crippen LogP contribution in [0.3, 0.4) is 0 Å². The molecule has 0 atom stereocenters. The van der Waals surface area contributed by atoms with Crippen molar-refractivity contribution in [1.29, 1.82) is 0 Å². The second kappa shape index (κ2) is 7.40. The van der Waals surface area contributed by atoms with Crippen LogP contribution in [0.15, 0.2) is 24.3 Å². The number of carbonyl (C=O) groups excluding carboxylic acids is 1. The number of carbonyl (C=O) groups is 1. The third-order valence-electron chi connectivity index (χ3n) is 2.65. The SMILES string of the molecule is CSCCc1ccc(NC(=O)NC(C)(C)CO)cc1. The lowest BCUT2D eigenvalue weighted by Crippen LogP contribution is -2.48. The van der Waals surface area contributed by atoms with Crippen molar-refractivity contribution in [2.45, 2.75) is 25.8 Å². The highest BCUT2D eigenvalue weighted by atomic mass is 32.2. The van der Waals surface area contributed by atoms with Crippen molar-refractivity contribution in [3.63, 3.8) is 0 Å². The molecule has 1 rings (SSSR count). The molecule has 0 bridgehead atoms. The molecule has 0 aromatic heterocycles. The molecule has 0 saturated carbocycles. The molecule has 1 aromatic carbocycles. The first kappa shape index (κ1) is 15.9. The lowest BCUT2D eigenvalue weighted by atomic mass is 10.1. The van der Waals surface area contributed by atoms with Crippen LogP contribution in [-0.2, 0) is 6.42 Å². The number of amides is 2. The Hall–Kier alpha value is -1.20. The van der Waals surface area contributed by atoms with E-state index in [2.05, 4.69) is 16.9 Å². The predicted molar refractivity (Wildman–Crippen MR) is 81.8 cm³/mol. The summed E-state index contributed by atoms with van der Waals surface area (Å²) in [5.74, 6) is 1.10. The summed E-state index contributed by atoms with van der Waals surface area (Å²) in [5.41, 5.74) is 1.39. The Labute approximate surface area is 119 Å². The van der Waals surface area contributed by atoms with Crippen molar-refractivity contribution in [3.05, 3.63) is 29.8 Å². The summed E-state index contributed by atoms with van der Waals surface area (Å²) in [6.45, 7) is 3.42. The van der Waals surface area contributed by atoms with E-state index in [1.807, 2.05) is 36.0 Å². The molecule has 0 aliphatic rings. The first-order valence-electron chi connectivity index (χ1n) is 6.25. The van der Waals surface area contributed by atoms with Crippen LogP contribution in [0.25, 0.3) is 0 Å². The highest BCUT2D eigenvalue weighted by Crippen LogP contribution is 2.12. The van der Waals surface area contributed by atoms with E-state index in [-0.39, 0.29) is 12.6 Å². The van der Waals surface area contributed by atoms with Crippen LogP contribution in [-0.4, -0.2) is 35.3 Å². The monoisotopic (exact) mass is 282 g/mol. The van der Waals surface area contributed by atoms with Gasteiger partial charge in [0.05, 0.1) is 12.1 Å². The van der Waals surface area contributed by atoms with E-state index in [9.17, 15) is 4.79 Å². The largest absolute Gasteiger partial charge is 0.394 e. The Balaban J connectivity index is 2.51. The zero-order chi connectivity index (χ0) is 14.3. The number of aliphatic hydroxyl groups is 1. The fourth-order valence-corrected chi connectivity index (χ4v) is 1.92. The maximum absolute atomic E-state index is 11.7. The third-order valence-corrected chi connectivity index (χ3v) is 3.27. The number of urea groups is 1. The molecule has 4 nitrogen and oxygen atoms in total. The van der Waals surface area contributed by atoms with E-state index in [0.717, 1.165) is 17.9 Å². The van der Waals surface area contributed by atoms with Crippen molar-refractivity contribution in [1.82, 2.24) is 5.32 Å². The summed E-state index contributed by atoms with van der Waals surface area (Å²) in [4.78, 5) is 11.7. The van der Waals surface area contributed by atoms with E-state index < -0.39 is 5.54 Å². The van der Waals surface area contributed by atoms with Crippen molar-refractivity contribution < 1.29 is 9.90 Å². The lowest BCUT2D eigenvalue weighted by molar-refractivity contribution is 0.187. The van der Waals surface area contributed by atoms with Crippen molar-refractivity contribution in [2.24, 2.45) is 0 Å². The lowest BCUT2D eigenvalue weighted by Gasteiger charge is -2.23. The Morgan fingerprint density at radius 2 is 1.95 bits per heavy atom. The zero-order valence-corrected chi connectivity index (χ0v) is 12.5. The maximum Gasteiger partial charge on any atom is 0.319 e. The van der Waals surface area contributed by atoms with Gasteiger partial charge >= 0.3 is 6.03 Å². The first-order valence-corrected chi connectivity index (χ1v) is 7.64. The summed E-state index contributed by atoms with van der Waals surface area (Å²) in [6.07, 6.45) is 3.12. The average Bonchev–Trinajstić information content (AvgIpc) is 2.37. The number of rotatable bonds is 6. The molecule has 0 radical (unpaired) electrons. The molecular weight excluding hydrogens is 260 g/mol. The molecule has 5 heteroatoms. The maximum atomic E-state index is 11.7. The quantitative estimate of drug-likeness (QED) is 0.751. The minimum Gasteiger partial charge on any atom is -0.394 e. The average molecular weight is 282 g/mol. The van der Waals surface area contributed by atoms with E-state index >= 15 is 0 Å². The Kier molecular flexibility index (Phi) is 6.18. The normalized spacial score (nSPS) is 11.2. The van der Waals surface area contributed by atoms with Gasteiger partial charge < -0.3 is 15.7 Å². The van der Waals surface area contributed by atoms with E-state index in [1.165, 1.54) is 5.56 Å². The Morgan fingerprint density at radius 3 is 2.47 bits per heavy atom. The molecule has 0 saturated heterocycles. The van der Waals surface area contributed by atoms with Crippen molar-refractivity contribution in [3.8, 4) is 0 Å². The van der Waals surface area contributed by atoms with Gasteiger partial charge in [-0.3, -0.25) is 0 Å². The number of thioether (sulfide) groups is 1. The van der Waals surface area contributed by atoms with E-state index in [0.29, 0.717) is 0 Å². The molecule has 19 heavy (non-hydrogen) atoms. The summed E-state index contributed by atoms with van der Waals surface area (Å²) in [6, 6.07) is 7.50. The van der Waals surface area contributed by atoms with Crippen molar-refractivity contribution in [2.75, 3.05) is 23.9 Å². The second-order valence-corrected chi connectivity index (χ2v) is 6.05. The molecule has 0 heterocycles. The fourth-order valence-electron chi connectivity index (χ4n) is 1.48. The Bertz CT molecular complexity index is 404. The topological polar surface area (TPSA) is 61.4 Å². The van der Waals surface area contributed by atoms with Crippen LogP contribution in [0.2, 0.25) is 0 Å². The minimum atomic E-state index is -0.623. The minimum absolute atomic E-state index is 0.103. The molecule has 106 valence electrons. The van der Waals surface area contributed by atoms with Gasteiger partial charge in [-0.2, -0.15) is 11.8 Å². The van der Waals surface area contributed by atoms with Crippen LogP contribution in [0.4, 0.5) is 10.5 Å². The van der Waals surface area contributed by atoms with Gasteiger partial charge in [0, 0.05) is 5.69 Å². The number of aliphatic hydroxyl groups excluding tert-OH is 1. The zero-order valence-electron chi connectivity index (χ0n) is 11.7. The van der Waals surface area contributed by atoms with E-state index in [4.69, 9.17) is 5.11 Å². The molecular formula is C14H22N2O2S. The molecule has 2 amide bonds. The Morgan fingerprint density at radius 1 is 1.32 bits per heavy atom. The predicted octanol–water partition coefficient (Wildman–Crippen LogP) is 2.48. The van der Waals surface area contributed by atoms with Crippen LogP contribution in [0.5, 0.6) is 0 Å². The van der Waals surface area contributed by atoms with E-state index in [1.54, 1.807) is 13.8 Å². The second-order valence-electron chi connectivity index (χ2n) is 5.06. The third kappa shape index (κ3) is 5.98. The molecule has 0 aliphatic heterocycles. The van der Waals surface area contributed by atoms with Gasteiger partial charge in [0.2, 0.25) is 0 Å². The number of benzene rings is 1. The standard InChI is InChI=1S/C14H22N2O2S/c1-14(2,10-17)16-13(18)15-12-6-4-11(5-7-12)8-9-19-3/h4-7,17H,8-10H2,1-3H3,(H2,15,16,18). The number of hydrogen-bond donors (Lipinski definition) is 3. The molecule has 1 aromatic rings. The van der Waals surface area contributed by atoms with Gasteiger partial charge in [0.15, 0.2) is 0 Å². The van der Waals surface area contributed by atoms with Crippen LogP contribution >= 0.6 is 11.8 Å². The van der Waals surface area contributed by atoms with Gasteiger partial charge in [-0.25, -0.2) is 4.79 Å². The van der Waals surface area contributed by atoms with Crippen LogP contribution in [0.1, 0.15) is 19.4 Å². The summed E-state index contributed by atoms with van der Waals surface area (Å²) >= 11 is 1.82. The van der Waals surface area contributed by atoms with Gasteiger partial charge in [-0.15, -0.1) is 0 Å². The van der Waals surface area contributed by atoms with Crippen molar-refractivity contribution >= 4 is 23.5 Å². The van der Waals surface area contributed by atoms with Crippen LogP contribution in [0, 0.1) is 0 Å². The first-order chi connectivity index (χ1) is 8.96. The molecule has 0 spiro atoms. The van der Waals surface area contributed by atoms with Gasteiger partial charge in [-0.1, -0.05) is 12.1 Å². The molecule has 0 aliphatic carbocycles. The number of aryl methyl sites for hydroxylation is 1. The summed E-state index contributed by atoms with van der Waals surface area (Å²) < 4.78 is 0. The number of anilines is 1. The smallest absolute Gasteiger partial charge is 0.319 e. The van der Waals surface area contributed by atoms with Gasteiger partial charge in [0.25, 0.3) is 0 Å². The molecule has 0 fully saturated rings. The summed E-state index contributed by atoms with van der Waals surface area (Å²) in [5, 5.41) is 14.5. The van der Waals surface area contributed by atoms with Gasteiger partial charge in [0.1, 0.15) is 0 Å². The van der Waals surface area contributed by atoms with Crippen LogP contribution < -0.4 is 10.6 Å². The molecule has 3 N–H and O–H groups in total. The van der Waals surface area contributed by atoms with Gasteiger partial charge in [-0.05, 0) is 50.0 Å².